The molecule has 88 valence electrons. The van der Waals surface area contributed by atoms with Gasteiger partial charge in [-0.3, -0.25) is 4.79 Å². The maximum atomic E-state index is 10.6. The summed E-state index contributed by atoms with van der Waals surface area (Å²) in [7, 11) is 0. The third-order valence-corrected chi connectivity index (χ3v) is 2.65. The van der Waals surface area contributed by atoms with Crippen LogP contribution in [0.1, 0.15) is 43.4 Å². The zero-order valence-electron chi connectivity index (χ0n) is 9.40. The normalized spacial score (nSPS) is 12.8. The molecule has 0 saturated heterocycles. The van der Waals surface area contributed by atoms with Crippen molar-refractivity contribution < 1.29 is 9.90 Å². The number of halogens is 1. The monoisotopic (exact) mass is 241 g/mol. The molecule has 16 heavy (non-hydrogen) atoms. The molecule has 1 rings (SSSR count). The lowest BCUT2D eigenvalue weighted by atomic mass is 9.97. The van der Waals surface area contributed by atoms with Gasteiger partial charge < -0.3 is 10.8 Å². The highest BCUT2D eigenvalue weighted by molar-refractivity contribution is 6.30. The molecule has 0 radical (unpaired) electrons. The molecule has 0 aliphatic heterocycles. The van der Waals surface area contributed by atoms with E-state index in [1.807, 2.05) is 12.1 Å². The summed E-state index contributed by atoms with van der Waals surface area (Å²) in [5.74, 6) is -0.562. The number of carbonyl (C=O) groups is 1. The van der Waals surface area contributed by atoms with Gasteiger partial charge in [-0.1, -0.05) is 31.5 Å². The molecule has 0 bridgehead atoms. The summed E-state index contributed by atoms with van der Waals surface area (Å²) < 4.78 is 0. The minimum absolute atomic E-state index is 0.0854. The van der Waals surface area contributed by atoms with E-state index in [0.717, 1.165) is 11.1 Å². The number of carboxylic acid groups (broad SMARTS) is 1. The molecule has 3 N–H and O–H groups in total. The number of hydrogen-bond donors (Lipinski definition) is 2. The molecule has 0 amide bonds. The Bertz CT molecular complexity index is 391. The van der Waals surface area contributed by atoms with Crippen LogP contribution in [-0.4, -0.2) is 11.1 Å². The molecule has 0 aromatic heterocycles. The van der Waals surface area contributed by atoms with Gasteiger partial charge in [-0.25, -0.2) is 0 Å². The molecular weight excluding hydrogens is 226 g/mol. The molecule has 0 aliphatic carbocycles. The van der Waals surface area contributed by atoms with Crippen molar-refractivity contribution in [1.82, 2.24) is 0 Å². The average molecular weight is 242 g/mol. The number of nitrogens with two attached hydrogens (primary N) is 1. The van der Waals surface area contributed by atoms with E-state index in [1.54, 1.807) is 6.07 Å². The summed E-state index contributed by atoms with van der Waals surface area (Å²) in [5.41, 5.74) is 7.64. The smallest absolute Gasteiger partial charge is 0.305 e. The Morgan fingerprint density at radius 2 is 1.94 bits per heavy atom. The van der Waals surface area contributed by atoms with Crippen molar-refractivity contribution in [2.24, 2.45) is 5.73 Å². The summed E-state index contributed by atoms with van der Waals surface area (Å²) >= 11 is 5.97. The van der Waals surface area contributed by atoms with Crippen LogP contribution in [-0.2, 0) is 4.79 Å². The standard InChI is InChI=1S/C12H16ClNO2/c1-7(2)8-3-9(5-10(13)4-8)11(14)6-12(15)16/h3-5,7,11H,6,14H2,1-2H3,(H,15,16). The first kappa shape index (κ1) is 13.0. The predicted octanol–water partition coefficient (Wildman–Crippen LogP) is 2.94. The molecule has 1 atom stereocenters. The highest BCUT2D eigenvalue weighted by Gasteiger charge is 2.13. The Morgan fingerprint density at radius 3 is 2.44 bits per heavy atom. The summed E-state index contributed by atoms with van der Waals surface area (Å²) in [5, 5.41) is 9.28. The number of benzene rings is 1. The fourth-order valence-corrected chi connectivity index (χ4v) is 1.74. The topological polar surface area (TPSA) is 63.3 Å². The van der Waals surface area contributed by atoms with Crippen molar-refractivity contribution in [1.29, 1.82) is 0 Å². The first-order valence-corrected chi connectivity index (χ1v) is 5.55. The van der Waals surface area contributed by atoms with E-state index in [0.29, 0.717) is 10.9 Å². The second-order valence-corrected chi connectivity index (χ2v) is 4.61. The Kier molecular flexibility index (Phi) is 4.33. The number of carboxylic acids is 1. The molecule has 4 heteroatoms. The van der Waals surface area contributed by atoms with Gasteiger partial charge in [-0.05, 0) is 29.2 Å². The van der Waals surface area contributed by atoms with Gasteiger partial charge in [0.25, 0.3) is 0 Å². The molecule has 0 aliphatic rings. The van der Waals surface area contributed by atoms with E-state index < -0.39 is 12.0 Å². The van der Waals surface area contributed by atoms with Crippen molar-refractivity contribution in [2.75, 3.05) is 0 Å². The maximum Gasteiger partial charge on any atom is 0.305 e. The zero-order valence-corrected chi connectivity index (χ0v) is 10.2. The molecule has 1 aromatic carbocycles. The lowest BCUT2D eigenvalue weighted by Gasteiger charge is -2.13. The Labute approximate surface area is 100 Å². The fourth-order valence-electron chi connectivity index (χ4n) is 1.49. The molecule has 0 fully saturated rings. The quantitative estimate of drug-likeness (QED) is 0.852. The van der Waals surface area contributed by atoms with Crippen LogP contribution in [0.5, 0.6) is 0 Å². The minimum atomic E-state index is -0.904. The molecule has 1 aromatic rings. The molecule has 3 nitrogen and oxygen atoms in total. The van der Waals surface area contributed by atoms with Crippen molar-refractivity contribution in [3.05, 3.63) is 34.3 Å². The third-order valence-electron chi connectivity index (χ3n) is 2.43. The highest BCUT2D eigenvalue weighted by atomic mass is 35.5. The third kappa shape index (κ3) is 3.51. The predicted molar refractivity (Wildman–Crippen MR) is 64.7 cm³/mol. The molecular formula is C12H16ClNO2. The lowest BCUT2D eigenvalue weighted by Crippen LogP contribution is -2.15. The summed E-state index contributed by atoms with van der Waals surface area (Å²) in [6.07, 6.45) is -0.0854. The molecule has 0 saturated carbocycles. The van der Waals surface area contributed by atoms with Crippen LogP contribution in [0.3, 0.4) is 0 Å². The van der Waals surface area contributed by atoms with E-state index in [1.165, 1.54) is 0 Å². The summed E-state index contributed by atoms with van der Waals surface area (Å²) in [6, 6.07) is 5.02. The van der Waals surface area contributed by atoms with Crippen LogP contribution in [0, 0.1) is 0 Å². The first-order valence-electron chi connectivity index (χ1n) is 5.18. The van der Waals surface area contributed by atoms with Gasteiger partial charge in [0.05, 0.1) is 6.42 Å². The molecule has 0 spiro atoms. The van der Waals surface area contributed by atoms with Crippen LogP contribution >= 0.6 is 11.6 Å². The van der Waals surface area contributed by atoms with E-state index in [9.17, 15) is 4.79 Å². The van der Waals surface area contributed by atoms with Gasteiger partial charge in [-0.2, -0.15) is 0 Å². The van der Waals surface area contributed by atoms with Crippen molar-refractivity contribution >= 4 is 17.6 Å². The second kappa shape index (κ2) is 5.32. The lowest BCUT2D eigenvalue weighted by molar-refractivity contribution is -0.137. The van der Waals surface area contributed by atoms with Gasteiger partial charge >= 0.3 is 5.97 Å². The van der Waals surface area contributed by atoms with Gasteiger partial charge in [-0.15, -0.1) is 0 Å². The van der Waals surface area contributed by atoms with E-state index in [4.69, 9.17) is 22.4 Å². The molecule has 1 unspecified atom stereocenters. The minimum Gasteiger partial charge on any atom is -0.481 e. The van der Waals surface area contributed by atoms with Crippen LogP contribution < -0.4 is 5.73 Å². The Morgan fingerprint density at radius 1 is 1.38 bits per heavy atom. The number of aliphatic carboxylic acids is 1. The van der Waals surface area contributed by atoms with Crippen LogP contribution in [0.15, 0.2) is 18.2 Å². The SMILES string of the molecule is CC(C)c1cc(Cl)cc(C(N)CC(=O)O)c1. The van der Waals surface area contributed by atoms with Crippen molar-refractivity contribution in [3.63, 3.8) is 0 Å². The summed E-state index contributed by atoms with van der Waals surface area (Å²) in [4.78, 5) is 10.6. The van der Waals surface area contributed by atoms with E-state index >= 15 is 0 Å². The number of rotatable bonds is 4. The van der Waals surface area contributed by atoms with Gasteiger partial charge in [0, 0.05) is 11.1 Å². The largest absolute Gasteiger partial charge is 0.481 e. The van der Waals surface area contributed by atoms with E-state index in [-0.39, 0.29) is 6.42 Å². The van der Waals surface area contributed by atoms with Gasteiger partial charge in [0.15, 0.2) is 0 Å². The van der Waals surface area contributed by atoms with Crippen molar-refractivity contribution in [2.45, 2.75) is 32.2 Å². The Balaban J connectivity index is 2.99. The first-order chi connectivity index (χ1) is 7.40. The number of hydrogen-bond acceptors (Lipinski definition) is 2. The second-order valence-electron chi connectivity index (χ2n) is 4.18. The fraction of sp³-hybridized carbons (Fsp3) is 0.417. The zero-order chi connectivity index (χ0) is 12.3. The van der Waals surface area contributed by atoms with E-state index in [2.05, 4.69) is 13.8 Å². The van der Waals surface area contributed by atoms with Crippen molar-refractivity contribution in [3.8, 4) is 0 Å². The van der Waals surface area contributed by atoms with Crippen LogP contribution in [0.2, 0.25) is 5.02 Å². The van der Waals surface area contributed by atoms with Gasteiger partial charge in [0.2, 0.25) is 0 Å². The van der Waals surface area contributed by atoms with Crippen LogP contribution in [0.4, 0.5) is 0 Å². The summed E-state index contributed by atoms with van der Waals surface area (Å²) in [6.45, 7) is 4.11. The average Bonchev–Trinajstić information content (AvgIpc) is 2.15. The van der Waals surface area contributed by atoms with Crippen LogP contribution in [0.25, 0.3) is 0 Å². The Hall–Kier alpha value is -1.06. The maximum absolute atomic E-state index is 10.6. The molecule has 0 heterocycles. The van der Waals surface area contributed by atoms with Gasteiger partial charge in [0.1, 0.15) is 0 Å². The highest BCUT2D eigenvalue weighted by Crippen LogP contribution is 2.25.